The van der Waals surface area contributed by atoms with Crippen LogP contribution < -0.4 is 0 Å². The molecule has 0 unspecified atom stereocenters. The van der Waals surface area contributed by atoms with E-state index >= 15 is 0 Å². The fourth-order valence-electron chi connectivity index (χ4n) is 2.44. The van der Waals surface area contributed by atoms with Gasteiger partial charge in [0.25, 0.3) is 0 Å². The average Bonchev–Trinajstić information content (AvgIpc) is 2.93. The first-order chi connectivity index (χ1) is 13.0. The Hall–Kier alpha value is -0.666. The molecule has 0 N–H and O–H groups in total. The molecule has 1 aliphatic rings. The van der Waals surface area contributed by atoms with Crippen molar-refractivity contribution < 1.29 is 13.6 Å². The van der Waals surface area contributed by atoms with Crippen molar-refractivity contribution in [2.45, 2.75) is 90.0 Å². The molecule has 0 aliphatic carbocycles. The summed E-state index contributed by atoms with van der Waals surface area (Å²) in [6.07, 6.45) is 3.45. The van der Waals surface area contributed by atoms with Gasteiger partial charge in [-0.05, 0) is 48.4 Å². The maximum absolute atomic E-state index is 6.67. The predicted molar refractivity (Wildman–Crippen MR) is 126 cm³/mol. The van der Waals surface area contributed by atoms with Crippen molar-refractivity contribution in [2.75, 3.05) is 6.61 Å². The standard InChI is InChI=1S/C22H38ClNO3Si2/c1-21(2,3)28(7,8)25-15-19-18(27-29(9,10)22(4,5)6)13-17(26-19)16-11-12-20(23)24-14-16/h11-14,17,19H,15H2,1-10H3/t17-,19-/m1/s1. The van der Waals surface area contributed by atoms with E-state index in [2.05, 4.69) is 78.8 Å². The van der Waals surface area contributed by atoms with Crippen LogP contribution in [-0.4, -0.2) is 34.3 Å². The summed E-state index contributed by atoms with van der Waals surface area (Å²) < 4.78 is 19.5. The molecule has 7 heteroatoms. The first-order valence-corrected chi connectivity index (χ1v) is 16.5. The normalized spacial score (nSPS) is 21.3. The Kier molecular flexibility index (Phi) is 7.18. The molecule has 0 saturated heterocycles. The number of ether oxygens (including phenoxy) is 1. The number of halogens is 1. The second kappa shape index (κ2) is 8.46. The zero-order chi connectivity index (χ0) is 22.3. The van der Waals surface area contributed by atoms with Crippen molar-refractivity contribution >= 4 is 28.2 Å². The summed E-state index contributed by atoms with van der Waals surface area (Å²) in [5.41, 5.74) is 0.973. The highest BCUT2D eigenvalue weighted by Crippen LogP contribution is 2.42. The highest BCUT2D eigenvalue weighted by Gasteiger charge is 2.44. The lowest BCUT2D eigenvalue weighted by Crippen LogP contribution is -2.44. The Balaban J connectivity index is 2.26. The molecule has 29 heavy (non-hydrogen) atoms. The fraction of sp³-hybridized carbons (Fsp3) is 0.682. The van der Waals surface area contributed by atoms with Crippen molar-refractivity contribution in [3.63, 3.8) is 0 Å². The number of hydrogen-bond acceptors (Lipinski definition) is 4. The van der Waals surface area contributed by atoms with Crippen molar-refractivity contribution in [1.82, 2.24) is 4.98 Å². The second-order valence-electron chi connectivity index (χ2n) is 11.0. The molecule has 164 valence electrons. The van der Waals surface area contributed by atoms with Crippen molar-refractivity contribution in [3.05, 3.63) is 40.9 Å². The van der Waals surface area contributed by atoms with E-state index in [0.29, 0.717) is 11.8 Å². The lowest BCUT2D eigenvalue weighted by Gasteiger charge is -2.39. The summed E-state index contributed by atoms with van der Waals surface area (Å²) >= 11 is 5.95. The molecule has 2 rings (SSSR count). The quantitative estimate of drug-likeness (QED) is 0.338. The average molecular weight is 456 g/mol. The maximum Gasteiger partial charge on any atom is 0.250 e. The van der Waals surface area contributed by atoms with Gasteiger partial charge < -0.3 is 13.6 Å². The molecule has 1 aliphatic heterocycles. The monoisotopic (exact) mass is 455 g/mol. The summed E-state index contributed by atoms with van der Waals surface area (Å²) in [5.74, 6) is 0.898. The third-order valence-electron chi connectivity index (χ3n) is 6.60. The first-order valence-electron chi connectivity index (χ1n) is 10.4. The summed E-state index contributed by atoms with van der Waals surface area (Å²) in [5, 5.41) is 0.736. The van der Waals surface area contributed by atoms with Crippen LogP contribution in [0.25, 0.3) is 0 Å². The number of aromatic nitrogens is 1. The van der Waals surface area contributed by atoms with Crippen LogP contribution in [-0.2, 0) is 13.6 Å². The Labute approximate surface area is 184 Å². The molecule has 1 aromatic rings. The summed E-state index contributed by atoms with van der Waals surface area (Å²) in [6.45, 7) is 23.1. The molecule has 1 aromatic heterocycles. The zero-order valence-corrected chi connectivity index (χ0v) is 22.5. The molecule has 4 nitrogen and oxygen atoms in total. The van der Waals surface area contributed by atoms with E-state index in [4.69, 9.17) is 25.2 Å². The molecule has 0 spiro atoms. The molecule has 2 atom stereocenters. The second-order valence-corrected chi connectivity index (χ2v) is 20.9. The third kappa shape index (κ3) is 5.94. The lowest BCUT2D eigenvalue weighted by atomic mass is 10.1. The Morgan fingerprint density at radius 2 is 1.59 bits per heavy atom. The van der Waals surface area contributed by atoms with Crippen molar-refractivity contribution in [3.8, 4) is 0 Å². The van der Waals surface area contributed by atoms with E-state index in [0.717, 1.165) is 11.3 Å². The lowest BCUT2D eigenvalue weighted by molar-refractivity contribution is 0.00999. The molecular weight excluding hydrogens is 418 g/mol. The third-order valence-corrected chi connectivity index (χ3v) is 15.7. The maximum atomic E-state index is 6.67. The van der Waals surface area contributed by atoms with E-state index in [-0.39, 0.29) is 22.3 Å². The van der Waals surface area contributed by atoms with Gasteiger partial charge in [-0.15, -0.1) is 0 Å². The van der Waals surface area contributed by atoms with Crippen LogP contribution in [0.15, 0.2) is 30.2 Å². The Bertz CT molecular complexity index is 734. The van der Waals surface area contributed by atoms with Gasteiger partial charge in [0.15, 0.2) is 8.32 Å². The van der Waals surface area contributed by atoms with Crippen LogP contribution in [0.1, 0.15) is 53.2 Å². The number of pyridine rings is 1. The van der Waals surface area contributed by atoms with Gasteiger partial charge in [0.2, 0.25) is 8.32 Å². The number of nitrogens with zero attached hydrogens (tertiary/aromatic N) is 1. The van der Waals surface area contributed by atoms with E-state index in [1.165, 1.54) is 0 Å². The molecule has 0 aromatic carbocycles. The minimum absolute atomic E-state index is 0.110. The van der Waals surface area contributed by atoms with E-state index in [9.17, 15) is 0 Å². The molecule has 0 saturated carbocycles. The molecular formula is C22H38ClNO3Si2. The minimum Gasteiger partial charge on any atom is -0.545 e. The van der Waals surface area contributed by atoms with Gasteiger partial charge in [0.05, 0.1) is 6.61 Å². The first kappa shape index (κ1) is 24.6. The number of rotatable bonds is 6. The van der Waals surface area contributed by atoms with Crippen LogP contribution in [0.5, 0.6) is 0 Å². The van der Waals surface area contributed by atoms with Gasteiger partial charge in [-0.25, -0.2) is 4.98 Å². The zero-order valence-electron chi connectivity index (χ0n) is 19.7. The van der Waals surface area contributed by atoms with Gasteiger partial charge >= 0.3 is 0 Å². The SMILES string of the molecule is CC(C)(C)[Si](C)(C)OC[C@H]1O[C@@H](c2ccc(Cl)nc2)C=C1O[Si](C)(C)C(C)(C)C. The molecule has 0 fully saturated rings. The van der Waals surface area contributed by atoms with Crippen LogP contribution in [0.3, 0.4) is 0 Å². The fourth-order valence-corrected chi connectivity index (χ4v) is 4.65. The highest BCUT2D eigenvalue weighted by molar-refractivity contribution is 6.74. The Morgan fingerprint density at radius 3 is 2.07 bits per heavy atom. The summed E-state index contributed by atoms with van der Waals surface area (Å²) in [4.78, 5) is 4.20. The van der Waals surface area contributed by atoms with E-state index < -0.39 is 16.6 Å². The van der Waals surface area contributed by atoms with E-state index in [1.54, 1.807) is 12.3 Å². The van der Waals surface area contributed by atoms with Crippen LogP contribution in [0.4, 0.5) is 0 Å². The van der Waals surface area contributed by atoms with Gasteiger partial charge in [0.1, 0.15) is 23.1 Å². The summed E-state index contributed by atoms with van der Waals surface area (Å²) in [6, 6.07) is 3.75. The smallest absolute Gasteiger partial charge is 0.250 e. The van der Waals surface area contributed by atoms with Gasteiger partial charge in [-0.2, -0.15) is 0 Å². The van der Waals surface area contributed by atoms with Gasteiger partial charge in [0, 0.05) is 11.8 Å². The largest absolute Gasteiger partial charge is 0.545 e. The molecule has 0 radical (unpaired) electrons. The number of hydrogen-bond donors (Lipinski definition) is 0. The van der Waals surface area contributed by atoms with Gasteiger partial charge in [-0.1, -0.05) is 59.2 Å². The highest BCUT2D eigenvalue weighted by atomic mass is 35.5. The van der Waals surface area contributed by atoms with Crippen molar-refractivity contribution in [1.29, 1.82) is 0 Å². The topological polar surface area (TPSA) is 40.6 Å². The molecule has 0 amide bonds. The van der Waals surface area contributed by atoms with Crippen LogP contribution in [0.2, 0.25) is 41.4 Å². The minimum atomic E-state index is -1.99. The van der Waals surface area contributed by atoms with Gasteiger partial charge in [-0.3, -0.25) is 0 Å². The molecule has 0 bridgehead atoms. The van der Waals surface area contributed by atoms with E-state index in [1.807, 2.05) is 6.07 Å². The van der Waals surface area contributed by atoms with Crippen LogP contribution >= 0.6 is 11.6 Å². The Morgan fingerprint density at radius 1 is 1.00 bits per heavy atom. The predicted octanol–water partition coefficient (Wildman–Crippen LogP) is 7.10. The summed E-state index contributed by atoms with van der Waals surface area (Å²) in [7, 11) is -3.88. The molecule has 2 heterocycles. The van der Waals surface area contributed by atoms with Crippen LogP contribution in [0, 0.1) is 0 Å². The van der Waals surface area contributed by atoms with Crippen molar-refractivity contribution in [2.24, 2.45) is 0 Å².